The molecule has 1 heterocycles. The number of sulfone groups is 1. The third kappa shape index (κ3) is 4.84. The largest absolute Gasteiger partial charge is 0.502 e. The number of anilines is 1. The summed E-state index contributed by atoms with van der Waals surface area (Å²) in [5.41, 5.74) is -8.82. The van der Waals surface area contributed by atoms with E-state index in [4.69, 9.17) is 33.2 Å². The number of methoxy groups -OCH3 is 1. The number of nitrogens with one attached hydrogen (secondary N) is 1. The minimum Gasteiger partial charge on any atom is -0.383 e. The Labute approximate surface area is 181 Å². The topological polar surface area (TPSA) is 97.0 Å². The van der Waals surface area contributed by atoms with Gasteiger partial charge in [-0.1, -0.05) is 23.2 Å². The van der Waals surface area contributed by atoms with E-state index >= 15 is 0 Å². The van der Waals surface area contributed by atoms with Crippen LogP contribution in [-0.2, 0) is 20.8 Å². The highest BCUT2D eigenvalue weighted by atomic mass is 35.5. The van der Waals surface area contributed by atoms with Gasteiger partial charge in [-0.15, -0.1) is 0 Å². The zero-order valence-corrected chi connectivity index (χ0v) is 17.4. The summed E-state index contributed by atoms with van der Waals surface area (Å²) in [5, 5.41) is 13.6. The van der Waals surface area contributed by atoms with E-state index in [0.29, 0.717) is 16.8 Å². The maximum atomic E-state index is 13.2. The van der Waals surface area contributed by atoms with Gasteiger partial charge < -0.3 is 10.1 Å². The van der Waals surface area contributed by atoms with Crippen molar-refractivity contribution in [3.63, 3.8) is 0 Å². The Bertz CT molecular complexity index is 1120. The molecule has 16 heteroatoms. The molecule has 2 aromatic rings. The highest BCUT2D eigenvalue weighted by Crippen LogP contribution is 2.42. The van der Waals surface area contributed by atoms with Crippen molar-refractivity contribution >= 4 is 38.9 Å². The number of hydrogen-bond acceptors (Lipinski definition) is 6. The predicted octanol–water partition coefficient (Wildman–Crippen LogP) is 4.42. The smallest absolute Gasteiger partial charge is 0.383 e. The van der Waals surface area contributed by atoms with E-state index in [1.54, 1.807) is 0 Å². The second-order valence-electron chi connectivity index (χ2n) is 5.70. The first-order valence-corrected chi connectivity index (χ1v) is 10.0. The van der Waals surface area contributed by atoms with E-state index in [-0.39, 0.29) is 13.2 Å². The molecule has 0 amide bonds. The van der Waals surface area contributed by atoms with Gasteiger partial charge in [0.2, 0.25) is 0 Å². The average molecular weight is 511 g/mol. The summed E-state index contributed by atoms with van der Waals surface area (Å²) in [6.07, 6.45) is -4.85. The molecule has 0 aliphatic carbocycles. The summed E-state index contributed by atoms with van der Waals surface area (Å²) in [5.74, 6) is -0.880. The number of ether oxygens (including phenoxy) is 1. The minimum absolute atomic E-state index is 0.118. The van der Waals surface area contributed by atoms with Crippen LogP contribution in [0.15, 0.2) is 17.0 Å². The van der Waals surface area contributed by atoms with Crippen LogP contribution >= 0.6 is 23.2 Å². The summed E-state index contributed by atoms with van der Waals surface area (Å²) in [6, 6.07) is 2.07. The van der Waals surface area contributed by atoms with E-state index in [0.717, 1.165) is 0 Å². The SMILES string of the molecule is COCCNc1c(S(=O)(=O)C(F)(F)F)c(C#N)nn1-c1c(Cl)cc(C(F)(F)F)cc1Cl. The lowest BCUT2D eigenvalue weighted by Gasteiger charge is -2.16. The molecule has 0 unspecified atom stereocenters. The van der Waals surface area contributed by atoms with Gasteiger partial charge in [0, 0.05) is 13.7 Å². The third-order valence-corrected chi connectivity index (χ3v) is 5.79. The van der Waals surface area contributed by atoms with Crippen molar-refractivity contribution in [2.45, 2.75) is 16.6 Å². The van der Waals surface area contributed by atoms with E-state index in [9.17, 15) is 34.8 Å². The maximum Gasteiger partial charge on any atom is 0.502 e. The summed E-state index contributed by atoms with van der Waals surface area (Å²) < 4.78 is 108. The number of hydrogen-bond donors (Lipinski definition) is 1. The number of rotatable bonds is 6. The van der Waals surface area contributed by atoms with Crippen molar-refractivity contribution in [3.8, 4) is 11.8 Å². The fourth-order valence-corrected chi connectivity index (χ4v) is 4.00. The van der Waals surface area contributed by atoms with Gasteiger partial charge in [0.15, 0.2) is 16.4 Å². The average Bonchev–Trinajstić information content (AvgIpc) is 2.98. The summed E-state index contributed by atoms with van der Waals surface area (Å²) in [4.78, 5) is -1.54. The fourth-order valence-electron chi connectivity index (χ4n) is 2.37. The van der Waals surface area contributed by atoms with Gasteiger partial charge in [0.25, 0.3) is 9.84 Å². The predicted molar refractivity (Wildman–Crippen MR) is 96.9 cm³/mol. The molecule has 0 saturated heterocycles. The third-order valence-electron chi connectivity index (χ3n) is 3.68. The monoisotopic (exact) mass is 510 g/mol. The van der Waals surface area contributed by atoms with Gasteiger partial charge in [-0.2, -0.15) is 36.7 Å². The Morgan fingerprint density at radius 2 is 1.74 bits per heavy atom. The highest BCUT2D eigenvalue weighted by molar-refractivity contribution is 7.92. The lowest BCUT2D eigenvalue weighted by atomic mass is 10.2. The molecule has 7 nitrogen and oxygen atoms in total. The van der Waals surface area contributed by atoms with Crippen LogP contribution in [0.2, 0.25) is 10.0 Å². The van der Waals surface area contributed by atoms with Gasteiger partial charge in [-0.3, -0.25) is 0 Å². The first-order chi connectivity index (χ1) is 14.2. The Morgan fingerprint density at radius 3 is 2.16 bits per heavy atom. The first-order valence-electron chi connectivity index (χ1n) is 7.80. The molecule has 1 aromatic heterocycles. The number of aromatic nitrogens is 2. The molecule has 0 radical (unpaired) electrons. The molecular formula is C15H10Cl2F6N4O3S. The van der Waals surface area contributed by atoms with Crippen molar-refractivity contribution in [1.82, 2.24) is 9.78 Å². The molecule has 1 aromatic carbocycles. The Morgan fingerprint density at radius 1 is 1.19 bits per heavy atom. The van der Waals surface area contributed by atoms with Crippen LogP contribution in [0.25, 0.3) is 5.69 Å². The number of halogens is 8. The van der Waals surface area contributed by atoms with Crippen LogP contribution < -0.4 is 5.32 Å². The van der Waals surface area contributed by atoms with Crippen molar-refractivity contribution in [3.05, 3.63) is 33.4 Å². The van der Waals surface area contributed by atoms with Crippen LogP contribution in [0.3, 0.4) is 0 Å². The zero-order chi connectivity index (χ0) is 23.8. The number of alkyl halides is 6. The van der Waals surface area contributed by atoms with Gasteiger partial charge in [0.05, 0.1) is 22.2 Å². The molecule has 1 N–H and O–H groups in total. The van der Waals surface area contributed by atoms with E-state index < -0.39 is 59.2 Å². The standard InChI is InChI=1S/C15H10Cl2F6N4O3S/c1-30-3-2-25-13-12(31(28,29)15(21,22)23)10(6-24)26-27(13)11-8(16)4-7(5-9(11)17)14(18,19)20/h4-5,25H,2-3H2,1H3. The molecule has 0 spiro atoms. The van der Waals surface area contributed by atoms with Crippen molar-refractivity contribution < 1.29 is 39.5 Å². The number of nitriles is 1. The van der Waals surface area contributed by atoms with Crippen molar-refractivity contribution in [2.24, 2.45) is 0 Å². The lowest BCUT2D eigenvalue weighted by Crippen LogP contribution is -2.25. The molecule has 31 heavy (non-hydrogen) atoms. The quantitative estimate of drug-likeness (QED) is 0.456. The number of nitrogens with zero attached hydrogens (tertiary/aromatic N) is 3. The van der Waals surface area contributed by atoms with E-state index in [2.05, 4.69) is 10.4 Å². The van der Waals surface area contributed by atoms with Gasteiger partial charge in [-0.05, 0) is 12.1 Å². The fraction of sp³-hybridized carbons (Fsp3) is 0.333. The van der Waals surface area contributed by atoms with Crippen LogP contribution in [-0.4, -0.2) is 44.0 Å². The Balaban J connectivity index is 2.88. The molecule has 0 fully saturated rings. The van der Waals surface area contributed by atoms with Crippen LogP contribution in [0, 0.1) is 11.3 Å². The normalized spacial score (nSPS) is 12.6. The van der Waals surface area contributed by atoms with Gasteiger partial charge >= 0.3 is 11.7 Å². The van der Waals surface area contributed by atoms with Gasteiger partial charge in [-0.25, -0.2) is 13.1 Å². The minimum atomic E-state index is -6.11. The number of benzene rings is 1. The first kappa shape index (κ1) is 25.1. The molecule has 0 saturated carbocycles. The molecule has 0 bridgehead atoms. The van der Waals surface area contributed by atoms with Crippen molar-refractivity contribution in [1.29, 1.82) is 5.26 Å². The molecule has 0 aliphatic heterocycles. The highest BCUT2D eigenvalue weighted by Gasteiger charge is 2.51. The van der Waals surface area contributed by atoms with E-state index in [1.165, 1.54) is 13.2 Å². The van der Waals surface area contributed by atoms with Gasteiger partial charge in [0.1, 0.15) is 11.8 Å². The molecular weight excluding hydrogens is 501 g/mol. The summed E-state index contributed by atoms with van der Waals surface area (Å²) in [7, 11) is -4.86. The summed E-state index contributed by atoms with van der Waals surface area (Å²) in [6.45, 7) is -0.379. The lowest BCUT2D eigenvalue weighted by molar-refractivity contribution is -0.137. The Hall–Kier alpha value is -2.21. The second-order valence-corrected chi connectivity index (χ2v) is 8.40. The molecule has 0 atom stereocenters. The molecule has 2 rings (SSSR count). The van der Waals surface area contributed by atoms with Crippen LogP contribution in [0.5, 0.6) is 0 Å². The van der Waals surface area contributed by atoms with E-state index in [1.807, 2.05) is 0 Å². The maximum absolute atomic E-state index is 13.2. The van der Waals surface area contributed by atoms with Crippen LogP contribution in [0.1, 0.15) is 11.3 Å². The zero-order valence-electron chi connectivity index (χ0n) is 15.1. The molecule has 170 valence electrons. The van der Waals surface area contributed by atoms with Crippen molar-refractivity contribution in [2.75, 3.05) is 25.6 Å². The second kappa shape index (κ2) is 8.73. The molecule has 0 aliphatic rings. The van der Waals surface area contributed by atoms with Crippen LogP contribution in [0.4, 0.5) is 32.2 Å². The Kier molecular flexibility index (Phi) is 7.06. The summed E-state index contributed by atoms with van der Waals surface area (Å²) >= 11 is 11.7.